The summed E-state index contributed by atoms with van der Waals surface area (Å²) in [6, 6.07) is 10.4. The quantitative estimate of drug-likeness (QED) is 0.139. The van der Waals surface area contributed by atoms with E-state index in [4.69, 9.17) is 9.84 Å². The Balaban J connectivity index is 1.18. The summed E-state index contributed by atoms with van der Waals surface area (Å²) >= 11 is 0. The van der Waals surface area contributed by atoms with Crippen LogP contribution in [0.2, 0.25) is 25.7 Å². The van der Waals surface area contributed by atoms with Gasteiger partial charge in [0.15, 0.2) is 0 Å². The second-order valence-corrected chi connectivity index (χ2v) is 20.6. The maximum absolute atomic E-state index is 13.9. The van der Waals surface area contributed by atoms with E-state index in [2.05, 4.69) is 59.1 Å². The average molecular weight is 631 g/mol. The fourth-order valence-electron chi connectivity index (χ4n) is 6.64. The van der Waals surface area contributed by atoms with Crippen LogP contribution in [0.4, 0.5) is 5.69 Å². The molecule has 2 N–H and O–H groups in total. The Hall–Kier alpha value is -3.24. The van der Waals surface area contributed by atoms with Gasteiger partial charge in [0.1, 0.15) is 18.5 Å². The summed E-state index contributed by atoms with van der Waals surface area (Å²) in [4.78, 5) is 27.4. The average Bonchev–Trinajstić information content (AvgIpc) is 3.88. The van der Waals surface area contributed by atoms with E-state index in [1.807, 2.05) is 26.0 Å². The molecule has 0 unspecified atom stereocenters. The van der Waals surface area contributed by atoms with Gasteiger partial charge in [0.2, 0.25) is 5.91 Å². The van der Waals surface area contributed by atoms with E-state index in [1.165, 1.54) is 24.1 Å². The standard InChI is InChI=1S/C35H50N6O3Si/c1-22(2)41-29(17-18-36-41)34(42)38-32(31(25-7-8-25)26-9-10-26)35(43)37-28-15-13-24(14-16-28)30-23(3)39-40(33(30)27-11-12-27)21-44-19-20-45(4,5)6/h13-18,22,25-27,31-32H,7-12,19-21H2,1-6H3,(H,37,43)(H,38,42)/t32-/m0/s1. The lowest BCUT2D eigenvalue weighted by atomic mass is 9.88. The van der Waals surface area contributed by atoms with Gasteiger partial charge in [-0.15, -0.1) is 0 Å². The van der Waals surface area contributed by atoms with Gasteiger partial charge < -0.3 is 15.4 Å². The molecule has 1 aromatic carbocycles. The second kappa shape index (κ2) is 12.9. The Bertz CT molecular complexity index is 1500. The van der Waals surface area contributed by atoms with E-state index in [0.717, 1.165) is 55.3 Å². The van der Waals surface area contributed by atoms with Crippen molar-refractivity contribution in [3.8, 4) is 11.1 Å². The Kier molecular flexibility index (Phi) is 9.07. The van der Waals surface area contributed by atoms with Crippen LogP contribution in [0.25, 0.3) is 11.1 Å². The molecular weight excluding hydrogens is 581 g/mol. The van der Waals surface area contributed by atoms with Gasteiger partial charge in [-0.1, -0.05) is 31.8 Å². The third-order valence-corrected chi connectivity index (χ3v) is 11.2. The molecule has 9 nitrogen and oxygen atoms in total. The van der Waals surface area contributed by atoms with Gasteiger partial charge in [-0.2, -0.15) is 10.2 Å². The molecule has 2 heterocycles. The first kappa shape index (κ1) is 31.7. The van der Waals surface area contributed by atoms with Crippen molar-refractivity contribution in [2.45, 2.75) is 110 Å². The lowest BCUT2D eigenvalue weighted by Crippen LogP contribution is -2.50. The number of hydrogen-bond donors (Lipinski definition) is 2. The van der Waals surface area contributed by atoms with Crippen LogP contribution in [-0.4, -0.2) is 52.1 Å². The molecule has 0 saturated heterocycles. The maximum atomic E-state index is 13.9. The molecule has 3 aliphatic carbocycles. The molecule has 0 radical (unpaired) electrons. The fraction of sp³-hybridized carbons (Fsp3) is 0.600. The third-order valence-electron chi connectivity index (χ3n) is 9.46. The second-order valence-electron chi connectivity index (χ2n) is 15.0. The first-order valence-corrected chi connectivity index (χ1v) is 20.6. The van der Waals surface area contributed by atoms with E-state index >= 15 is 0 Å². The molecule has 3 fully saturated rings. The highest BCUT2D eigenvalue weighted by Crippen LogP contribution is 2.51. The number of carbonyl (C=O) groups excluding carboxylic acids is 2. The maximum Gasteiger partial charge on any atom is 0.270 e. The highest BCUT2D eigenvalue weighted by atomic mass is 28.3. The van der Waals surface area contributed by atoms with Crippen molar-refractivity contribution in [1.29, 1.82) is 0 Å². The molecule has 2 amide bonds. The van der Waals surface area contributed by atoms with Crippen molar-refractivity contribution in [1.82, 2.24) is 24.9 Å². The smallest absolute Gasteiger partial charge is 0.270 e. The topological polar surface area (TPSA) is 103 Å². The first-order valence-electron chi connectivity index (χ1n) is 16.9. The number of nitrogens with one attached hydrogen (secondary N) is 2. The van der Waals surface area contributed by atoms with Crippen LogP contribution in [0.3, 0.4) is 0 Å². The molecule has 6 rings (SSSR count). The minimum atomic E-state index is -1.15. The summed E-state index contributed by atoms with van der Waals surface area (Å²) in [7, 11) is -1.15. The highest BCUT2D eigenvalue weighted by molar-refractivity contribution is 6.76. The number of amides is 2. The van der Waals surface area contributed by atoms with Crippen LogP contribution in [0.1, 0.15) is 86.2 Å². The van der Waals surface area contributed by atoms with Gasteiger partial charge in [0.05, 0.1) is 11.4 Å². The number of nitrogens with zero attached hydrogens (tertiary/aromatic N) is 4. The lowest BCUT2D eigenvalue weighted by molar-refractivity contribution is -0.119. The van der Waals surface area contributed by atoms with Gasteiger partial charge in [0, 0.05) is 44.1 Å². The fourth-order valence-corrected chi connectivity index (χ4v) is 7.40. The van der Waals surface area contributed by atoms with Crippen molar-refractivity contribution in [3.05, 3.63) is 53.6 Å². The Labute approximate surface area is 268 Å². The van der Waals surface area contributed by atoms with Gasteiger partial charge in [-0.3, -0.25) is 14.3 Å². The van der Waals surface area contributed by atoms with Crippen LogP contribution >= 0.6 is 0 Å². The predicted octanol–water partition coefficient (Wildman–Crippen LogP) is 7.00. The zero-order valence-electron chi connectivity index (χ0n) is 27.8. The van der Waals surface area contributed by atoms with Crippen LogP contribution in [0.15, 0.2) is 36.5 Å². The van der Waals surface area contributed by atoms with E-state index in [-0.39, 0.29) is 23.8 Å². The normalized spacial score (nSPS) is 17.6. The molecule has 3 aliphatic rings. The van der Waals surface area contributed by atoms with E-state index in [0.29, 0.717) is 30.2 Å². The minimum Gasteiger partial charge on any atom is -0.360 e. The zero-order chi connectivity index (χ0) is 31.9. The van der Waals surface area contributed by atoms with Crippen LogP contribution in [0.5, 0.6) is 0 Å². The summed E-state index contributed by atoms with van der Waals surface area (Å²) in [6.45, 7) is 14.4. The van der Waals surface area contributed by atoms with Crippen LogP contribution in [0, 0.1) is 24.7 Å². The van der Waals surface area contributed by atoms with Crippen molar-refractivity contribution in [2.75, 3.05) is 11.9 Å². The number of carbonyl (C=O) groups is 2. The number of ether oxygens (including phenoxy) is 1. The van der Waals surface area contributed by atoms with Crippen LogP contribution in [-0.2, 0) is 16.3 Å². The molecule has 1 atom stereocenters. The molecule has 3 aromatic rings. The molecule has 10 heteroatoms. The van der Waals surface area contributed by atoms with Gasteiger partial charge in [-0.25, -0.2) is 4.68 Å². The largest absolute Gasteiger partial charge is 0.360 e. The van der Waals surface area contributed by atoms with Gasteiger partial charge in [0.25, 0.3) is 5.91 Å². The van der Waals surface area contributed by atoms with Crippen molar-refractivity contribution < 1.29 is 14.3 Å². The summed E-state index contributed by atoms with van der Waals surface area (Å²) in [5.41, 5.74) is 5.76. The highest BCUT2D eigenvalue weighted by Gasteiger charge is 2.48. The van der Waals surface area contributed by atoms with Crippen molar-refractivity contribution in [3.63, 3.8) is 0 Å². The summed E-state index contributed by atoms with van der Waals surface area (Å²) in [5, 5.41) is 15.5. The molecular formula is C35H50N6O3Si. The Morgan fingerprint density at radius 2 is 1.67 bits per heavy atom. The third kappa shape index (κ3) is 7.60. The van der Waals surface area contributed by atoms with Crippen LogP contribution < -0.4 is 10.6 Å². The molecule has 45 heavy (non-hydrogen) atoms. The van der Waals surface area contributed by atoms with Crippen molar-refractivity contribution in [2.24, 2.45) is 17.8 Å². The number of aromatic nitrogens is 4. The lowest BCUT2D eigenvalue weighted by Gasteiger charge is -2.28. The molecule has 242 valence electrons. The molecule has 3 saturated carbocycles. The predicted molar refractivity (Wildman–Crippen MR) is 180 cm³/mol. The molecule has 0 bridgehead atoms. The number of rotatable bonds is 15. The Morgan fingerprint density at radius 1 is 1.00 bits per heavy atom. The zero-order valence-corrected chi connectivity index (χ0v) is 28.8. The molecule has 0 aliphatic heterocycles. The minimum absolute atomic E-state index is 0.0490. The summed E-state index contributed by atoms with van der Waals surface area (Å²) < 4.78 is 9.87. The van der Waals surface area contributed by atoms with E-state index in [9.17, 15) is 9.59 Å². The monoisotopic (exact) mass is 630 g/mol. The number of aryl methyl sites for hydroxylation is 1. The SMILES string of the molecule is Cc1nn(COCC[Si](C)(C)C)c(C2CC2)c1-c1ccc(NC(=O)[C@@H](NC(=O)c2ccnn2C(C)C)C(C2CC2)C2CC2)cc1. The van der Waals surface area contributed by atoms with E-state index in [1.54, 1.807) is 16.9 Å². The first-order chi connectivity index (χ1) is 21.5. The molecule has 0 spiro atoms. The molecule has 2 aromatic heterocycles. The summed E-state index contributed by atoms with van der Waals surface area (Å²) in [5.74, 6) is 1.27. The Morgan fingerprint density at radius 3 is 2.24 bits per heavy atom. The number of benzene rings is 1. The number of hydrogen-bond acceptors (Lipinski definition) is 5. The van der Waals surface area contributed by atoms with Gasteiger partial charge >= 0.3 is 0 Å². The summed E-state index contributed by atoms with van der Waals surface area (Å²) in [6.07, 6.45) is 8.49. The van der Waals surface area contributed by atoms with Gasteiger partial charge in [-0.05, 0) is 107 Å². The van der Waals surface area contributed by atoms with Crippen molar-refractivity contribution >= 4 is 25.6 Å². The van der Waals surface area contributed by atoms with E-state index < -0.39 is 14.1 Å². The number of anilines is 1.